The fourth-order valence-corrected chi connectivity index (χ4v) is 3.59. The highest BCUT2D eigenvalue weighted by atomic mass is 35.5. The number of thioether (sulfide) groups is 1. The van der Waals surface area contributed by atoms with Crippen LogP contribution >= 0.6 is 23.4 Å². The Bertz CT molecular complexity index is 987. The van der Waals surface area contributed by atoms with Crippen molar-refractivity contribution in [3.05, 3.63) is 69.7 Å². The smallest absolute Gasteiger partial charge is 0.276 e. The first-order valence-electron chi connectivity index (χ1n) is 7.92. The highest BCUT2D eigenvalue weighted by Crippen LogP contribution is 2.31. The Morgan fingerprint density at radius 1 is 1.20 bits per heavy atom. The number of halogens is 1. The van der Waals surface area contributed by atoms with Crippen LogP contribution in [0.3, 0.4) is 0 Å². The Balaban J connectivity index is 1.94. The fourth-order valence-electron chi connectivity index (χ4n) is 2.88. The van der Waals surface area contributed by atoms with Gasteiger partial charge in [0.25, 0.3) is 5.91 Å². The maximum absolute atomic E-state index is 12.8. The van der Waals surface area contributed by atoms with Crippen LogP contribution in [0.25, 0.3) is 5.70 Å². The number of nitrogens with one attached hydrogen (secondary N) is 1. The molecule has 1 N–H and O–H groups in total. The number of rotatable bonds is 2. The first-order chi connectivity index (χ1) is 12.2. The lowest BCUT2D eigenvalue weighted by Crippen LogP contribution is -2.50. The molecule has 2 aromatic rings. The lowest BCUT2D eigenvalue weighted by molar-refractivity contribution is -0.116. The van der Waals surface area contributed by atoms with Crippen LogP contribution in [0.1, 0.15) is 18.7 Å². The van der Waals surface area contributed by atoms with Gasteiger partial charge in [-0.25, -0.2) is 5.01 Å². The summed E-state index contributed by atoms with van der Waals surface area (Å²) in [5.41, 5.74) is 1.45. The summed E-state index contributed by atoms with van der Waals surface area (Å²) in [6, 6.07) is 15.1. The lowest BCUT2D eigenvalue weighted by Gasteiger charge is -2.34. The SMILES string of the molecule is CCSC1=NN2C(=c3ccccc3=N[C@@H]2c2ccc(Cl)cc2)C(=O)N1. The second-order valence-electron chi connectivity index (χ2n) is 5.56. The zero-order chi connectivity index (χ0) is 17.4. The minimum absolute atomic E-state index is 0.160. The summed E-state index contributed by atoms with van der Waals surface area (Å²) in [5.74, 6) is 0.661. The Hall–Kier alpha value is -2.31. The van der Waals surface area contributed by atoms with E-state index in [1.165, 1.54) is 11.8 Å². The average Bonchev–Trinajstić information content (AvgIpc) is 2.62. The Labute approximate surface area is 154 Å². The van der Waals surface area contributed by atoms with E-state index >= 15 is 0 Å². The number of carbonyl (C=O) groups excluding carboxylic acids is 1. The molecule has 2 heterocycles. The number of nitrogens with zero attached hydrogens (tertiary/aromatic N) is 3. The maximum atomic E-state index is 12.8. The quantitative estimate of drug-likeness (QED) is 0.882. The van der Waals surface area contributed by atoms with Gasteiger partial charge in [-0.3, -0.25) is 15.1 Å². The van der Waals surface area contributed by atoms with Crippen molar-refractivity contribution in [2.45, 2.75) is 13.1 Å². The summed E-state index contributed by atoms with van der Waals surface area (Å²) in [6.07, 6.45) is -0.402. The predicted octanol–water partition coefficient (Wildman–Crippen LogP) is 2.24. The molecule has 0 radical (unpaired) electrons. The molecule has 0 spiro atoms. The van der Waals surface area contributed by atoms with E-state index in [-0.39, 0.29) is 5.91 Å². The van der Waals surface area contributed by atoms with E-state index in [9.17, 15) is 4.79 Å². The van der Waals surface area contributed by atoms with Gasteiger partial charge in [0.2, 0.25) is 0 Å². The molecule has 5 nitrogen and oxygen atoms in total. The standard InChI is InChI=1S/C18H15ClN4OS/c1-2-25-18-21-17(24)15-13-5-3-4-6-14(13)20-16(23(15)22-18)11-7-9-12(19)10-8-11/h3-10,16H,2H2,1H3,(H,21,22,24)/t16-/m0/s1. The number of fused-ring (bicyclic) bond motifs is 2. The molecule has 7 heteroatoms. The minimum Gasteiger partial charge on any atom is -0.298 e. The van der Waals surface area contributed by atoms with E-state index in [0.717, 1.165) is 21.9 Å². The largest absolute Gasteiger partial charge is 0.298 e. The number of hydrogen-bond acceptors (Lipinski definition) is 5. The van der Waals surface area contributed by atoms with E-state index in [4.69, 9.17) is 16.6 Å². The first kappa shape index (κ1) is 16.2. The molecule has 126 valence electrons. The van der Waals surface area contributed by atoms with E-state index in [0.29, 0.717) is 15.9 Å². The zero-order valence-electron chi connectivity index (χ0n) is 13.4. The van der Waals surface area contributed by atoms with Gasteiger partial charge < -0.3 is 0 Å². The molecule has 0 bridgehead atoms. The van der Waals surface area contributed by atoms with Crippen LogP contribution in [0.5, 0.6) is 0 Å². The molecule has 0 saturated heterocycles. The number of para-hydroxylation sites is 1. The van der Waals surface area contributed by atoms with Gasteiger partial charge in [0.1, 0.15) is 5.70 Å². The zero-order valence-corrected chi connectivity index (χ0v) is 15.0. The van der Waals surface area contributed by atoms with E-state index < -0.39 is 6.17 Å². The van der Waals surface area contributed by atoms with Crippen molar-refractivity contribution < 1.29 is 4.79 Å². The van der Waals surface area contributed by atoms with Crippen LogP contribution in [0.2, 0.25) is 5.02 Å². The molecule has 0 aliphatic carbocycles. The molecule has 2 aliphatic rings. The van der Waals surface area contributed by atoms with Gasteiger partial charge in [-0.1, -0.05) is 60.6 Å². The van der Waals surface area contributed by atoms with Gasteiger partial charge >= 0.3 is 0 Å². The summed E-state index contributed by atoms with van der Waals surface area (Å²) < 4.78 is 0. The second-order valence-corrected chi connectivity index (χ2v) is 7.25. The summed E-state index contributed by atoms with van der Waals surface area (Å²) in [4.78, 5) is 17.6. The number of amidine groups is 1. The lowest BCUT2D eigenvalue weighted by atomic mass is 10.1. The van der Waals surface area contributed by atoms with E-state index in [1.807, 2.05) is 55.5 Å². The Morgan fingerprint density at radius 2 is 1.96 bits per heavy atom. The number of carbonyl (C=O) groups is 1. The topological polar surface area (TPSA) is 57.1 Å². The van der Waals surface area contributed by atoms with Crippen molar-refractivity contribution >= 4 is 40.1 Å². The van der Waals surface area contributed by atoms with Crippen molar-refractivity contribution in [1.29, 1.82) is 0 Å². The average molecular weight is 371 g/mol. The first-order valence-corrected chi connectivity index (χ1v) is 9.28. The third kappa shape index (κ3) is 2.92. The molecule has 0 unspecified atom stereocenters. The van der Waals surface area contributed by atoms with Crippen molar-refractivity contribution in [3.63, 3.8) is 0 Å². The molecular formula is C18H15ClN4OS. The molecule has 1 amide bonds. The van der Waals surface area contributed by atoms with E-state index in [1.54, 1.807) is 5.01 Å². The normalized spacial score (nSPS) is 18.7. The van der Waals surface area contributed by atoms with Gasteiger partial charge in [0.15, 0.2) is 11.3 Å². The summed E-state index contributed by atoms with van der Waals surface area (Å²) in [6.45, 7) is 2.02. The van der Waals surface area contributed by atoms with Crippen molar-refractivity contribution in [1.82, 2.24) is 10.3 Å². The van der Waals surface area contributed by atoms with Crippen molar-refractivity contribution in [2.24, 2.45) is 10.1 Å². The molecule has 0 fully saturated rings. The monoisotopic (exact) mass is 370 g/mol. The molecule has 25 heavy (non-hydrogen) atoms. The molecule has 0 aromatic heterocycles. The summed E-state index contributed by atoms with van der Waals surface area (Å²) >= 11 is 7.51. The number of amides is 1. The highest BCUT2D eigenvalue weighted by Gasteiger charge is 2.34. The number of hydrogen-bond donors (Lipinski definition) is 1. The molecule has 1 atom stereocenters. The minimum atomic E-state index is -0.402. The van der Waals surface area contributed by atoms with Gasteiger partial charge in [0.05, 0.1) is 5.36 Å². The summed E-state index contributed by atoms with van der Waals surface area (Å²) in [5, 5.41) is 12.0. The van der Waals surface area contributed by atoms with Gasteiger partial charge in [-0.15, -0.1) is 5.10 Å². The fraction of sp³-hybridized carbons (Fsp3) is 0.167. The molecule has 2 aromatic carbocycles. The van der Waals surface area contributed by atoms with Gasteiger partial charge in [-0.05, 0) is 29.5 Å². The molecule has 4 rings (SSSR count). The molecule has 0 saturated carbocycles. The highest BCUT2D eigenvalue weighted by molar-refractivity contribution is 8.13. The third-order valence-electron chi connectivity index (χ3n) is 3.96. The van der Waals surface area contributed by atoms with Crippen LogP contribution in [0, 0.1) is 0 Å². The maximum Gasteiger partial charge on any atom is 0.276 e. The Kier molecular flexibility index (Phi) is 4.23. The van der Waals surface area contributed by atoms with E-state index in [2.05, 4.69) is 10.4 Å². The van der Waals surface area contributed by atoms with Crippen LogP contribution in [0.4, 0.5) is 0 Å². The molecule has 2 aliphatic heterocycles. The summed E-state index contributed by atoms with van der Waals surface area (Å²) in [7, 11) is 0. The van der Waals surface area contributed by atoms with Crippen molar-refractivity contribution in [3.8, 4) is 0 Å². The van der Waals surface area contributed by atoms with Gasteiger partial charge in [0, 0.05) is 10.2 Å². The third-order valence-corrected chi connectivity index (χ3v) is 4.96. The van der Waals surface area contributed by atoms with Crippen LogP contribution in [-0.2, 0) is 4.79 Å². The number of hydrazone groups is 1. The van der Waals surface area contributed by atoms with Crippen LogP contribution in [-0.4, -0.2) is 21.8 Å². The van der Waals surface area contributed by atoms with Crippen LogP contribution < -0.4 is 15.9 Å². The van der Waals surface area contributed by atoms with Gasteiger partial charge in [-0.2, -0.15) is 0 Å². The number of benzene rings is 2. The van der Waals surface area contributed by atoms with Crippen LogP contribution in [0.15, 0.2) is 58.6 Å². The Morgan fingerprint density at radius 3 is 2.72 bits per heavy atom. The molecular weight excluding hydrogens is 356 g/mol. The second kappa shape index (κ2) is 6.54. The van der Waals surface area contributed by atoms with Crippen molar-refractivity contribution in [2.75, 3.05) is 5.75 Å². The predicted molar refractivity (Wildman–Crippen MR) is 100 cm³/mol.